The first-order chi connectivity index (χ1) is 9.90. The van der Waals surface area contributed by atoms with Crippen molar-refractivity contribution in [3.63, 3.8) is 0 Å². The minimum Gasteiger partial charge on any atom is -0.392 e. The first kappa shape index (κ1) is 14.4. The highest BCUT2D eigenvalue weighted by Crippen LogP contribution is 2.28. The molecule has 0 bridgehead atoms. The minimum absolute atomic E-state index is 0.330. The first-order valence-corrected chi connectivity index (χ1v) is 5.86. The molecule has 1 heterocycles. The van der Waals surface area contributed by atoms with E-state index in [4.69, 9.17) is 5.73 Å². The molecule has 21 heavy (non-hydrogen) atoms. The number of halogens is 1. The molecule has 0 aliphatic rings. The van der Waals surface area contributed by atoms with Crippen LogP contribution in [0.3, 0.4) is 0 Å². The fourth-order valence-corrected chi connectivity index (χ4v) is 1.71. The summed E-state index contributed by atoms with van der Waals surface area (Å²) in [5, 5.41) is 13.2. The highest BCUT2D eigenvalue weighted by Gasteiger charge is 2.23. The lowest BCUT2D eigenvalue weighted by Gasteiger charge is -2.08. The summed E-state index contributed by atoms with van der Waals surface area (Å²) >= 11 is 0. The standard InChI is InChI=1S/C13H11FN4O3/c1-7-2-3-8(6-16-7)17-13(19)11-9(14)4-5-10(12(11)15)18(20)21/h2-6H,15H2,1H3,(H,17,19). The number of nitro groups is 1. The molecule has 0 saturated carbocycles. The second-order valence-electron chi connectivity index (χ2n) is 4.25. The van der Waals surface area contributed by atoms with E-state index >= 15 is 0 Å². The minimum atomic E-state index is -0.935. The lowest BCUT2D eigenvalue weighted by atomic mass is 10.1. The number of nitrogen functional groups attached to an aromatic ring is 1. The molecule has 1 aromatic heterocycles. The van der Waals surface area contributed by atoms with Crippen LogP contribution in [0.4, 0.5) is 21.5 Å². The van der Waals surface area contributed by atoms with Crippen molar-refractivity contribution in [3.8, 4) is 0 Å². The Morgan fingerprint density at radius 3 is 2.67 bits per heavy atom. The van der Waals surface area contributed by atoms with Crippen molar-refractivity contribution in [2.75, 3.05) is 11.1 Å². The van der Waals surface area contributed by atoms with E-state index in [1.54, 1.807) is 19.1 Å². The van der Waals surface area contributed by atoms with Crippen LogP contribution in [0, 0.1) is 22.9 Å². The van der Waals surface area contributed by atoms with E-state index in [2.05, 4.69) is 10.3 Å². The van der Waals surface area contributed by atoms with Gasteiger partial charge in [-0.15, -0.1) is 0 Å². The Morgan fingerprint density at radius 2 is 2.10 bits per heavy atom. The van der Waals surface area contributed by atoms with Gasteiger partial charge >= 0.3 is 0 Å². The largest absolute Gasteiger partial charge is 0.392 e. The van der Waals surface area contributed by atoms with Crippen LogP contribution in [0.1, 0.15) is 16.1 Å². The zero-order chi connectivity index (χ0) is 15.6. The summed E-state index contributed by atoms with van der Waals surface area (Å²) in [6, 6.07) is 4.97. The van der Waals surface area contributed by atoms with Gasteiger partial charge in [-0.3, -0.25) is 19.9 Å². The van der Waals surface area contributed by atoms with Crippen LogP contribution < -0.4 is 11.1 Å². The number of nitrogens with one attached hydrogen (secondary N) is 1. The third-order valence-corrected chi connectivity index (χ3v) is 2.76. The zero-order valence-electron chi connectivity index (χ0n) is 11.0. The summed E-state index contributed by atoms with van der Waals surface area (Å²) in [6.07, 6.45) is 1.39. The normalized spacial score (nSPS) is 10.2. The smallest absolute Gasteiger partial charge is 0.293 e. The summed E-state index contributed by atoms with van der Waals surface area (Å²) in [7, 11) is 0. The molecule has 108 valence electrons. The lowest BCUT2D eigenvalue weighted by Crippen LogP contribution is -2.17. The van der Waals surface area contributed by atoms with Gasteiger partial charge in [0.2, 0.25) is 0 Å². The van der Waals surface area contributed by atoms with Crippen molar-refractivity contribution >= 4 is 23.0 Å². The number of nitro benzene ring substituents is 1. The molecule has 0 fully saturated rings. The van der Waals surface area contributed by atoms with Crippen LogP contribution in [-0.2, 0) is 0 Å². The number of hydrogen-bond acceptors (Lipinski definition) is 5. The van der Waals surface area contributed by atoms with Gasteiger partial charge in [-0.1, -0.05) is 0 Å². The maximum atomic E-state index is 13.7. The highest BCUT2D eigenvalue weighted by molar-refractivity contribution is 6.09. The average molecular weight is 290 g/mol. The number of rotatable bonds is 3. The third kappa shape index (κ3) is 2.94. The van der Waals surface area contributed by atoms with Crippen LogP contribution >= 0.6 is 0 Å². The molecule has 8 heteroatoms. The number of aromatic nitrogens is 1. The van der Waals surface area contributed by atoms with Gasteiger partial charge < -0.3 is 11.1 Å². The number of carbonyl (C=O) groups excluding carboxylic acids is 1. The van der Waals surface area contributed by atoms with E-state index in [0.29, 0.717) is 5.69 Å². The maximum Gasteiger partial charge on any atom is 0.293 e. The Kier molecular flexibility index (Phi) is 3.79. The number of amides is 1. The number of nitrogens with two attached hydrogens (primary N) is 1. The monoisotopic (exact) mass is 290 g/mol. The molecule has 0 unspecified atom stereocenters. The van der Waals surface area contributed by atoms with Gasteiger partial charge in [-0.05, 0) is 25.1 Å². The predicted molar refractivity (Wildman–Crippen MR) is 74.4 cm³/mol. The van der Waals surface area contributed by atoms with E-state index in [1.807, 2.05) is 0 Å². The van der Waals surface area contributed by atoms with Crippen LogP contribution in [0.15, 0.2) is 30.5 Å². The van der Waals surface area contributed by atoms with Crippen molar-refractivity contribution in [2.45, 2.75) is 6.92 Å². The second-order valence-corrected chi connectivity index (χ2v) is 4.25. The Balaban J connectivity index is 2.37. The molecule has 3 N–H and O–H groups in total. The van der Waals surface area contributed by atoms with Crippen molar-refractivity contribution in [1.82, 2.24) is 4.98 Å². The molecule has 1 aromatic carbocycles. The highest BCUT2D eigenvalue weighted by atomic mass is 19.1. The summed E-state index contributed by atoms with van der Waals surface area (Å²) in [6.45, 7) is 1.77. The van der Waals surface area contributed by atoms with Crippen molar-refractivity contribution < 1.29 is 14.1 Å². The summed E-state index contributed by atoms with van der Waals surface area (Å²) in [5.74, 6) is -1.81. The van der Waals surface area contributed by atoms with E-state index in [0.717, 1.165) is 17.8 Å². The summed E-state index contributed by atoms with van der Waals surface area (Å²) in [5.41, 5.74) is 4.97. The van der Waals surface area contributed by atoms with Crippen LogP contribution in [0.25, 0.3) is 0 Å². The van der Waals surface area contributed by atoms with Gasteiger partial charge in [-0.2, -0.15) is 0 Å². The fourth-order valence-electron chi connectivity index (χ4n) is 1.71. The van der Waals surface area contributed by atoms with Gasteiger partial charge in [0.15, 0.2) is 0 Å². The summed E-state index contributed by atoms with van der Waals surface area (Å²) in [4.78, 5) is 26.0. The molecule has 0 aliphatic carbocycles. The Hall–Kier alpha value is -3.03. The van der Waals surface area contributed by atoms with Gasteiger partial charge in [0.05, 0.1) is 16.8 Å². The molecular formula is C13H11FN4O3. The van der Waals surface area contributed by atoms with Gasteiger partial charge in [0, 0.05) is 11.8 Å². The van der Waals surface area contributed by atoms with Gasteiger partial charge in [-0.25, -0.2) is 4.39 Å². The fraction of sp³-hybridized carbons (Fsp3) is 0.0769. The Morgan fingerprint density at radius 1 is 1.38 bits per heavy atom. The van der Waals surface area contributed by atoms with Crippen LogP contribution in [0.2, 0.25) is 0 Å². The number of benzene rings is 1. The van der Waals surface area contributed by atoms with Crippen molar-refractivity contribution in [1.29, 1.82) is 0 Å². The zero-order valence-corrected chi connectivity index (χ0v) is 11.0. The van der Waals surface area contributed by atoms with Gasteiger partial charge in [0.25, 0.3) is 11.6 Å². The van der Waals surface area contributed by atoms with Crippen LogP contribution in [-0.4, -0.2) is 15.8 Å². The molecule has 2 aromatic rings. The maximum absolute atomic E-state index is 13.7. The van der Waals surface area contributed by atoms with E-state index < -0.39 is 33.6 Å². The van der Waals surface area contributed by atoms with E-state index in [1.165, 1.54) is 6.20 Å². The topological polar surface area (TPSA) is 111 Å². The number of carbonyl (C=O) groups is 1. The van der Waals surface area contributed by atoms with E-state index in [-0.39, 0.29) is 0 Å². The number of aryl methyl sites for hydroxylation is 1. The predicted octanol–water partition coefficient (Wildman–Crippen LogP) is 2.27. The number of anilines is 2. The lowest BCUT2D eigenvalue weighted by molar-refractivity contribution is -0.384. The number of pyridine rings is 1. The molecule has 7 nitrogen and oxygen atoms in total. The quantitative estimate of drug-likeness (QED) is 0.511. The molecule has 0 aliphatic heterocycles. The van der Waals surface area contributed by atoms with Crippen LogP contribution in [0.5, 0.6) is 0 Å². The molecule has 1 amide bonds. The Bertz CT molecular complexity index is 716. The third-order valence-electron chi connectivity index (χ3n) is 2.76. The molecule has 0 spiro atoms. The first-order valence-electron chi connectivity index (χ1n) is 5.86. The van der Waals surface area contributed by atoms with Crippen molar-refractivity contribution in [2.24, 2.45) is 0 Å². The summed E-state index contributed by atoms with van der Waals surface area (Å²) < 4.78 is 13.7. The second kappa shape index (κ2) is 5.53. The molecule has 2 rings (SSSR count). The van der Waals surface area contributed by atoms with Gasteiger partial charge in [0.1, 0.15) is 17.1 Å². The number of nitrogens with zero attached hydrogens (tertiary/aromatic N) is 2. The number of hydrogen-bond donors (Lipinski definition) is 2. The molecule has 0 atom stereocenters. The Labute approximate surface area is 118 Å². The SMILES string of the molecule is Cc1ccc(NC(=O)c2c(F)ccc([N+](=O)[O-])c2N)cn1. The van der Waals surface area contributed by atoms with E-state index in [9.17, 15) is 19.3 Å². The van der Waals surface area contributed by atoms with Crippen molar-refractivity contribution in [3.05, 3.63) is 57.7 Å². The molecule has 0 radical (unpaired) electrons. The molecule has 0 saturated heterocycles. The molecular weight excluding hydrogens is 279 g/mol. The average Bonchev–Trinajstić information content (AvgIpc) is 2.41.